The number of carbonyl (C=O) groups excluding carboxylic acids is 1. The molecule has 0 bridgehead atoms. The van der Waals surface area contributed by atoms with Gasteiger partial charge in [0.25, 0.3) is 0 Å². The summed E-state index contributed by atoms with van der Waals surface area (Å²) in [7, 11) is 3.67. The third kappa shape index (κ3) is 2.99. The number of hydrogen-bond acceptors (Lipinski definition) is 3. The molecule has 0 saturated carbocycles. The zero-order valence-electron chi connectivity index (χ0n) is 12.6. The Hall–Kier alpha value is -2.27. The second kappa shape index (κ2) is 6.23. The van der Waals surface area contributed by atoms with Gasteiger partial charge in [0.15, 0.2) is 0 Å². The van der Waals surface area contributed by atoms with Crippen molar-refractivity contribution < 1.29 is 9.53 Å². The predicted molar refractivity (Wildman–Crippen MR) is 89.3 cm³/mol. The summed E-state index contributed by atoms with van der Waals surface area (Å²) in [5.41, 5.74) is 2.22. The Bertz CT molecular complexity index is 790. The first kappa shape index (κ1) is 14.7. The number of carbonyl (C=O) groups is 1. The lowest BCUT2D eigenvalue weighted by Crippen LogP contribution is -2.24. The Morgan fingerprint density at radius 1 is 1.36 bits per heavy atom. The fourth-order valence-electron chi connectivity index (χ4n) is 2.55. The number of nitrogens with zero attached hydrogens (tertiary/aromatic N) is 1. The molecule has 0 atom stereocenters. The number of aryl methyl sites for hydroxylation is 1. The van der Waals surface area contributed by atoms with Crippen molar-refractivity contribution in [2.75, 3.05) is 7.11 Å². The van der Waals surface area contributed by atoms with Crippen LogP contribution in [0.15, 0.2) is 41.9 Å². The highest BCUT2D eigenvalue weighted by atomic mass is 32.1. The summed E-state index contributed by atoms with van der Waals surface area (Å²) in [6.45, 7) is 0.523. The average molecular weight is 314 g/mol. The Balaban J connectivity index is 1.74. The smallest absolute Gasteiger partial charge is 0.225 e. The van der Waals surface area contributed by atoms with Crippen LogP contribution in [0.1, 0.15) is 10.4 Å². The lowest BCUT2D eigenvalue weighted by Gasteiger charge is -2.04. The highest BCUT2D eigenvalue weighted by molar-refractivity contribution is 7.10. The maximum Gasteiger partial charge on any atom is 0.225 e. The Kier molecular flexibility index (Phi) is 4.15. The molecule has 3 rings (SSSR count). The SMILES string of the molecule is COc1ccc2c(c1)c(CNC(=O)Cc1cccs1)cn2C. The number of thiophene rings is 1. The summed E-state index contributed by atoms with van der Waals surface area (Å²) in [5.74, 6) is 0.868. The molecule has 0 spiro atoms. The Morgan fingerprint density at radius 2 is 2.23 bits per heavy atom. The molecule has 5 heteroatoms. The molecule has 3 aromatic rings. The van der Waals surface area contributed by atoms with Gasteiger partial charge in [-0.2, -0.15) is 0 Å². The third-order valence-corrected chi connectivity index (χ3v) is 4.55. The van der Waals surface area contributed by atoms with Gasteiger partial charge in [-0.25, -0.2) is 0 Å². The average Bonchev–Trinajstić information content (AvgIpc) is 3.13. The predicted octanol–water partition coefficient (Wildman–Crippen LogP) is 3.11. The number of aromatic nitrogens is 1. The van der Waals surface area contributed by atoms with E-state index in [1.54, 1.807) is 18.4 Å². The molecule has 0 aliphatic rings. The van der Waals surface area contributed by atoms with Crippen LogP contribution in [0, 0.1) is 0 Å². The van der Waals surface area contributed by atoms with Gasteiger partial charge in [0.2, 0.25) is 5.91 Å². The van der Waals surface area contributed by atoms with E-state index in [1.165, 1.54) is 0 Å². The molecule has 4 nitrogen and oxygen atoms in total. The highest BCUT2D eigenvalue weighted by Crippen LogP contribution is 2.25. The molecule has 2 aromatic heterocycles. The molecular formula is C17H18N2O2S. The molecule has 2 heterocycles. The summed E-state index contributed by atoms with van der Waals surface area (Å²) in [4.78, 5) is 13.1. The van der Waals surface area contributed by atoms with E-state index in [9.17, 15) is 4.79 Å². The van der Waals surface area contributed by atoms with Gasteiger partial charge in [0.1, 0.15) is 5.75 Å². The summed E-state index contributed by atoms with van der Waals surface area (Å²) in [5, 5.41) is 6.09. The molecule has 22 heavy (non-hydrogen) atoms. The number of benzene rings is 1. The van der Waals surface area contributed by atoms with Gasteiger partial charge in [0, 0.05) is 35.6 Å². The van der Waals surface area contributed by atoms with E-state index in [0.29, 0.717) is 13.0 Å². The van der Waals surface area contributed by atoms with Crippen molar-refractivity contribution in [3.8, 4) is 5.75 Å². The van der Waals surface area contributed by atoms with E-state index in [4.69, 9.17) is 4.74 Å². The quantitative estimate of drug-likeness (QED) is 0.786. The monoisotopic (exact) mass is 314 g/mol. The molecule has 1 amide bonds. The van der Waals surface area contributed by atoms with Crippen LogP contribution in [0.2, 0.25) is 0 Å². The number of hydrogen-bond donors (Lipinski definition) is 1. The topological polar surface area (TPSA) is 43.3 Å². The maximum absolute atomic E-state index is 12.0. The first-order chi connectivity index (χ1) is 10.7. The molecule has 0 unspecified atom stereocenters. The Labute approximate surface area is 133 Å². The third-order valence-electron chi connectivity index (χ3n) is 3.67. The van der Waals surface area contributed by atoms with Gasteiger partial charge < -0.3 is 14.6 Å². The summed E-state index contributed by atoms with van der Waals surface area (Å²) >= 11 is 1.60. The van der Waals surface area contributed by atoms with Crippen molar-refractivity contribution in [2.24, 2.45) is 7.05 Å². The lowest BCUT2D eigenvalue weighted by molar-refractivity contribution is -0.120. The standard InChI is InChI=1S/C17H18N2O2S/c1-19-11-12(15-8-13(21-2)5-6-16(15)19)10-18-17(20)9-14-4-3-7-22-14/h3-8,11H,9-10H2,1-2H3,(H,18,20). The number of methoxy groups -OCH3 is 1. The van der Waals surface area contributed by atoms with Gasteiger partial charge in [-0.05, 0) is 35.2 Å². The first-order valence-corrected chi connectivity index (χ1v) is 7.96. The number of fused-ring (bicyclic) bond motifs is 1. The second-order valence-corrected chi connectivity index (χ2v) is 6.21. The first-order valence-electron chi connectivity index (χ1n) is 7.08. The summed E-state index contributed by atoms with van der Waals surface area (Å²) < 4.78 is 7.35. The minimum atomic E-state index is 0.0438. The van der Waals surface area contributed by atoms with E-state index in [0.717, 1.165) is 27.1 Å². The van der Waals surface area contributed by atoms with Crippen molar-refractivity contribution in [1.82, 2.24) is 9.88 Å². The van der Waals surface area contributed by atoms with Crippen LogP contribution >= 0.6 is 11.3 Å². The molecule has 0 aliphatic carbocycles. The molecule has 1 N–H and O–H groups in total. The number of rotatable bonds is 5. The summed E-state index contributed by atoms with van der Waals surface area (Å²) in [6, 6.07) is 9.93. The summed E-state index contributed by atoms with van der Waals surface area (Å²) in [6.07, 6.45) is 2.49. The highest BCUT2D eigenvalue weighted by Gasteiger charge is 2.10. The molecule has 0 radical (unpaired) electrons. The van der Waals surface area contributed by atoms with E-state index in [-0.39, 0.29) is 5.91 Å². The van der Waals surface area contributed by atoms with Crippen molar-refractivity contribution in [1.29, 1.82) is 0 Å². The molecule has 0 aliphatic heterocycles. The molecule has 0 saturated heterocycles. The van der Waals surface area contributed by atoms with Gasteiger partial charge in [-0.1, -0.05) is 6.07 Å². The Morgan fingerprint density at radius 3 is 2.95 bits per heavy atom. The van der Waals surface area contributed by atoms with Crippen LogP contribution in [0.4, 0.5) is 0 Å². The normalized spacial score (nSPS) is 10.8. The van der Waals surface area contributed by atoms with Crippen LogP contribution in [0.5, 0.6) is 5.75 Å². The molecule has 1 aromatic carbocycles. The number of amides is 1. The fourth-order valence-corrected chi connectivity index (χ4v) is 3.25. The zero-order chi connectivity index (χ0) is 15.5. The van der Waals surface area contributed by atoms with Gasteiger partial charge in [0.05, 0.1) is 13.5 Å². The molecular weight excluding hydrogens is 296 g/mol. The van der Waals surface area contributed by atoms with E-state index >= 15 is 0 Å². The zero-order valence-corrected chi connectivity index (χ0v) is 13.4. The van der Waals surface area contributed by atoms with Crippen LogP contribution in [-0.4, -0.2) is 17.6 Å². The largest absolute Gasteiger partial charge is 0.497 e. The minimum Gasteiger partial charge on any atom is -0.497 e. The van der Waals surface area contributed by atoms with Crippen molar-refractivity contribution >= 4 is 28.1 Å². The van der Waals surface area contributed by atoms with E-state index < -0.39 is 0 Å². The minimum absolute atomic E-state index is 0.0438. The van der Waals surface area contributed by atoms with Crippen LogP contribution in [0.25, 0.3) is 10.9 Å². The van der Waals surface area contributed by atoms with Gasteiger partial charge in [-0.15, -0.1) is 11.3 Å². The van der Waals surface area contributed by atoms with Crippen molar-refractivity contribution in [3.63, 3.8) is 0 Å². The van der Waals surface area contributed by atoms with Crippen LogP contribution in [0.3, 0.4) is 0 Å². The number of nitrogens with one attached hydrogen (secondary N) is 1. The maximum atomic E-state index is 12.0. The van der Waals surface area contributed by atoms with Crippen molar-refractivity contribution in [2.45, 2.75) is 13.0 Å². The molecule has 0 fully saturated rings. The van der Waals surface area contributed by atoms with E-state index in [1.807, 2.05) is 42.8 Å². The van der Waals surface area contributed by atoms with E-state index in [2.05, 4.69) is 16.1 Å². The van der Waals surface area contributed by atoms with Crippen LogP contribution in [-0.2, 0) is 24.8 Å². The van der Waals surface area contributed by atoms with Gasteiger partial charge in [-0.3, -0.25) is 4.79 Å². The fraction of sp³-hybridized carbons (Fsp3) is 0.235. The second-order valence-electron chi connectivity index (χ2n) is 5.18. The van der Waals surface area contributed by atoms with Crippen LogP contribution < -0.4 is 10.1 Å². The number of ether oxygens (including phenoxy) is 1. The van der Waals surface area contributed by atoms with Crippen molar-refractivity contribution in [3.05, 3.63) is 52.3 Å². The lowest BCUT2D eigenvalue weighted by atomic mass is 10.1. The molecule has 114 valence electrons. The van der Waals surface area contributed by atoms with Gasteiger partial charge >= 0.3 is 0 Å².